The van der Waals surface area contributed by atoms with Crippen LogP contribution in [0.4, 0.5) is 0 Å². The van der Waals surface area contributed by atoms with Gasteiger partial charge in [-0.05, 0) is 26.0 Å². The molecule has 2 rings (SSSR count). The lowest BCUT2D eigenvalue weighted by Crippen LogP contribution is -2.17. The summed E-state index contributed by atoms with van der Waals surface area (Å²) in [4.78, 5) is 15.6. The minimum absolute atomic E-state index is 0.133. The number of fused-ring (bicyclic) bond motifs is 1. The lowest BCUT2D eigenvalue weighted by Gasteiger charge is -1.99. The Morgan fingerprint density at radius 1 is 1.23 bits per heavy atom. The molecule has 4 heteroatoms. The molecular weight excluding hydrogens is 166 g/mol. The smallest absolute Gasteiger partial charge is 0.267 e. The summed E-state index contributed by atoms with van der Waals surface area (Å²) >= 11 is 0. The quantitative estimate of drug-likeness (QED) is 0.592. The second-order valence-corrected chi connectivity index (χ2v) is 2.98. The van der Waals surface area contributed by atoms with Gasteiger partial charge in [0.25, 0.3) is 5.56 Å². The molecule has 2 heterocycles. The van der Waals surface area contributed by atoms with E-state index >= 15 is 0 Å². The van der Waals surface area contributed by atoms with E-state index in [1.807, 2.05) is 13.0 Å². The van der Waals surface area contributed by atoms with Gasteiger partial charge in [-0.25, -0.2) is 4.98 Å². The van der Waals surface area contributed by atoms with Crippen molar-refractivity contribution in [2.24, 2.45) is 0 Å². The molecule has 0 fully saturated rings. The molecule has 0 aromatic carbocycles. The van der Waals surface area contributed by atoms with Crippen LogP contribution in [0.15, 0.2) is 23.0 Å². The van der Waals surface area contributed by atoms with Gasteiger partial charge in [0.15, 0.2) is 5.65 Å². The molecule has 0 N–H and O–H groups in total. The van der Waals surface area contributed by atoms with E-state index in [2.05, 4.69) is 10.1 Å². The molecule has 4 nitrogen and oxygen atoms in total. The van der Waals surface area contributed by atoms with Crippen molar-refractivity contribution >= 4 is 5.65 Å². The standard InChI is InChI=1S/C9H9N3O/c1-6-3-4-8-10-7(2)5-9(13)12(8)11-6/h3-5H,1-2H3. The Hall–Kier alpha value is -1.71. The lowest BCUT2D eigenvalue weighted by molar-refractivity contribution is 0.835. The molecule has 0 aliphatic heterocycles. The molecule has 0 unspecified atom stereocenters. The van der Waals surface area contributed by atoms with Gasteiger partial charge in [0.2, 0.25) is 0 Å². The largest absolute Gasteiger partial charge is 0.274 e. The molecule has 0 atom stereocenters. The molecule has 66 valence electrons. The van der Waals surface area contributed by atoms with Crippen LogP contribution in [0, 0.1) is 13.8 Å². The van der Waals surface area contributed by atoms with E-state index < -0.39 is 0 Å². The Kier molecular flexibility index (Phi) is 1.62. The number of aryl methyl sites for hydroxylation is 2. The fourth-order valence-electron chi connectivity index (χ4n) is 1.21. The average Bonchev–Trinajstić information content (AvgIpc) is 2.06. The highest BCUT2D eigenvalue weighted by Crippen LogP contribution is 1.97. The Bertz CT molecular complexity index is 516. The SMILES string of the molecule is Cc1cc(=O)n2nc(C)ccc2n1. The van der Waals surface area contributed by atoms with Crippen molar-refractivity contribution < 1.29 is 0 Å². The summed E-state index contributed by atoms with van der Waals surface area (Å²) in [7, 11) is 0. The van der Waals surface area contributed by atoms with Gasteiger partial charge in [-0.3, -0.25) is 4.79 Å². The Morgan fingerprint density at radius 2 is 2.00 bits per heavy atom. The van der Waals surface area contributed by atoms with E-state index in [1.54, 1.807) is 13.0 Å². The zero-order valence-electron chi connectivity index (χ0n) is 7.48. The predicted octanol–water partition coefficient (Wildman–Crippen LogP) is 0.706. The second kappa shape index (κ2) is 2.65. The maximum atomic E-state index is 11.4. The summed E-state index contributed by atoms with van der Waals surface area (Å²) in [6.45, 7) is 3.63. The summed E-state index contributed by atoms with van der Waals surface area (Å²) in [5.74, 6) is 0. The molecule has 0 spiro atoms. The number of hydrogen-bond acceptors (Lipinski definition) is 3. The fraction of sp³-hybridized carbons (Fsp3) is 0.222. The molecule has 2 aromatic rings. The van der Waals surface area contributed by atoms with Crippen LogP contribution in [0.2, 0.25) is 0 Å². The van der Waals surface area contributed by atoms with Crippen molar-refractivity contribution in [3.8, 4) is 0 Å². The third-order valence-electron chi connectivity index (χ3n) is 1.78. The van der Waals surface area contributed by atoms with Crippen LogP contribution in [-0.4, -0.2) is 14.6 Å². The molecule has 0 radical (unpaired) electrons. The van der Waals surface area contributed by atoms with Gasteiger partial charge in [-0.2, -0.15) is 9.61 Å². The molecule has 0 bridgehead atoms. The number of nitrogens with zero attached hydrogens (tertiary/aromatic N) is 3. The van der Waals surface area contributed by atoms with Gasteiger partial charge in [0, 0.05) is 11.8 Å². The third kappa shape index (κ3) is 1.30. The molecule has 0 saturated carbocycles. The summed E-state index contributed by atoms with van der Waals surface area (Å²) in [5.41, 5.74) is 1.98. The van der Waals surface area contributed by atoms with Crippen LogP contribution < -0.4 is 5.56 Å². The minimum atomic E-state index is -0.133. The summed E-state index contributed by atoms with van der Waals surface area (Å²) < 4.78 is 1.31. The summed E-state index contributed by atoms with van der Waals surface area (Å²) in [6.07, 6.45) is 0. The fourth-order valence-corrected chi connectivity index (χ4v) is 1.21. The zero-order valence-corrected chi connectivity index (χ0v) is 7.48. The monoisotopic (exact) mass is 175 g/mol. The van der Waals surface area contributed by atoms with E-state index in [-0.39, 0.29) is 5.56 Å². The Morgan fingerprint density at radius 3 is 2.77 bits per heavy atom. The van der Waals surface area contributed by atoms with Crippen LogP contribution >= 0.6 is 0 Å². The van der Waals surface area contributed by atoms with Crippen LogP contribution in [0.5, 0.6) is 0 Å². The second-order valence-electron chi connectivity index (χ2n) is 2.98. The molecular formula is C9H9N3O. The summed E-state index contributed by atoms with van der Waals surface area (Å²) in [6, 6.07) is 5.09. The van der Waals surface area contributed by atoms with Crippen LogP contribution in [0.1, 0.15) is 11.4 Å². The van der Waals surface area contributed by atoms with Gasteiger partial charge in [-0.1, -0.05) is 0 Å². The van der Waals surface area contributed by atoms with E-state index in [4.69, 9.17) is 0 Å². The molecule has 0 aliphatic carbocycles. The van der Waals surface area contributed by atoms with E-state index in [0.29, 0.717) is 5.65 Å². The van der Waals surface area contributed by atoms with Gasteiger partial charge in [-0.15, -0.1) is 0 Å². The highest BCUT2D eigenvalue weighted by molar-refractivity contribution is 5.36. The van der Waals surface area contributed by atoms with Crippen molar-refractivity contribution in [2.75, 3.05) is 0 Å². The van der Waals surface area contributed by atoms with Crippen molar-refractivity contribution in [1.29, 1.82) is 0 Å². The average molecular weight is 175 g/mol. The Labute approximate surface area is 74.9 Å². The van der Waals surface area contributed by atoms with Crippen LogP contribution in [0.3, 0.4) is 0 Å². The molecule has 2 aromatic heterocycles. The maximum Gasteiger partial charge on any atom is 0.274 e. The summed E-state index contributed by atoms with van der Waals surface area (Å²) in [5, 5.41) is 4.06. The predicted molar refractivity (Wildman–Crippen MR) is 48.7 cm³/mol. The van der Waals surface area contributed by atoms with Crippen LogP contribution in [0.25, 0.3) is 5.65 Å². The maximum absolute atomic E-state index is 11.4. The van der Waals surface area contributed by atoms with Gasteiger partial charge in [0.05, 0.1) is 5.69 Å². The zero-order chi connectivity index (χ0) is 9.42. The van der Waals surface area contributed by atoms with E-state index in [1.165, 1.54) is 10.6 Å². The normalized spacial score (nSPS) is 10.6. The topological polar surface area (TPSA) is 47.3 Å². The highest BCUT2D eigenvalue weighted by Gasteiger charge is 1.99. The van der Waals surface area contributed by atoms with Crippen molar-refractivity contribution in [1.82, 2.24) is 14.6 Å². The first-order chi connectivity index (χ1) is 6.16. The first-order valence-corrected chi connectivity index (χ1v) is 4.01. The molecule has 0 amide bonds. The lowest BCUT2D eigenvalue weighted by atomic mass is 10.4. The van der Waals surface area contributed by atoms with Gasteiger partial charge >= 0.3 is 0 Å². The molecule has 13 heavy (non-hydrogen) atoms. The third-order valence-corrected chi connectivity index (χ3v) is 1.78. The van der Waals surface area contributed by atoms with Crippen LogP contribution in [-0.2, 0) is 0 Å². The number of aromatic nitrogens is 3. The minimum Gasteiger partial charge on any atom is -0.267 e. The molecule has 0 aliphatic rings. The highest BCUT2D eigenvalue weighted by atomic mass is 16.1. The van der Waals surface area contributed by atoms with E-state index in [0.717, 1.165) is 11.4 Å². The first kappa shape index (κ1) is 7.91. The van der Waals surface area contributed by atoms with Gasteiger partial charge in [0.1, 0.15) is 0 Å². The first-order valence-electron chi connectivity index (χ1n) is 4.01. The Balaban J connectivity index is 2.95. The molecule has 0 saturated heterocycles. The van der Waals surface area contributed by atoms with Crippen molar-refractivity contribution in [3.63, 3.8) is 0 Å². The van der Waals surface area contributed by atoms with E-state index in [9.17, 15) is 4.79 Å². The van der Waals surface area contributed by atoms with Gasteiger partial charge < -0.3 is 0 Å². The van der Waals surface area contributed by atoms with Crippen molar-refractivity contribution in [2.45, 2.75) is 13.8 Å². The number of hydrogen-bond donors (Lipinski definition) is 0. The number of rotatable bonds is 0. The van der Waals surface area contributed by atoms with Crippen molar-refractivity contribution in [3.05, 3.63) is 39.9 Å².